The number of hydrogen-bond acceptors (Lipinski definition) is 3. The fourth-order valence-electron chi connectivity index (χ4n) is 4.42. The maximum absolute atomic E-state index is 12.8. The summed E-state index contributed by atoms with van der Waals surface area (Å²) in [6, 6.07) is 6.77. The minimum atomic E-state index is -4.40. The molecule has 2 heterocycles. The molecule has 9 heteroatoms. The van der Waals surface area contributed by atoms with Crippen LogP contribution in [-0.4, -0.2) is 39.6 Å². The second-order valence-corrected chi connectivity index (χ2v) is 8.62. The Hall–Kier alpha value is -2.84. The van der Waals surface area contributed by atoms with E-state index in [1.165, 1.54) is 6.07 Å². The molecule has 1 saturated heterocycles. The summed E-state index contributed by atoms with van der Waals surface area (Å²) in [7, 11) is 1.80. The van der Waals surface area contributed by atoms with Crippen LogP contribution in [0.3, 0.4) is 0 Å². The van der Waals surface area contributed by atoms with Gasteiger partial charge in [0, 0.05) is 38.3 Å². The molecular weight excluding hydrogens is 409 g/mol. The van der Waals surface area contributed by atoms with Gasteiger partial charge in [-0.15, -0.1) is 0 Å². The molecule has 1 atom stereocenters. The van der Waals surface area contributed by atoms with Crippen LogP contribution in [0.25, 0.3) is 0 Å². The van der Waals surface area contributed by atoms with Crippen molar-refractivity contribution in [2.24, 2.45) is 18.4 Å². The molecule has 6 nitrogen and oxygen atoms in total. The Labute approximate surface area is 178 Å². The number of benzene rings is 1. The van der Waals surface area contributed by atoms with Crippen molar-refractivity contribution in [1.29, 1.82) is 0 Å². The van der Waals surface area contributed by atoms with Crippen molar-refractivity contribution >= 4 is 11.8 Å². The normalized spacial score (nSPS) is 20.0. The molecule has 0 bridgehead atoms. The quantitative estimate of drug-likeness (QED) is 0.803. The Kier molecular flexibility index (Phi) is 5.31. The van der Waals surface area contributed by atoms with E-state index in [1.54, 1.807) is 28.8 Å². The predicted octanol–water partition coefficient (Wildman–Crippen LogP) is 3.31. The third kappa shape index (κ3) is 4.31. The molecule has 31 heavy (non-hydrogen) atoms. The van der Waals surface area contributed by atoms with Gasteiger partial charge in [-0.05, 0) is 55.4 Å². The van der Waals surface area contributed by atoms with Crippen molar-refractivity contribution in [1.82, 2.24) is 20.0 Å². The predicted molar refractivity (Wildman–Crippen MR) is 107 cm³/mol. The number of likely N-dealkylation sites (tertiary alicyclic amines) is 1. The van der Waals surface area contributed by atoms with Crippen LogP contribution >= 0.6 is 0 Å². The van der Waals surface area contributed by atoms with E-state index in [-0.39, 0.29) is 29.7 Å². The monoisotopic (exact) mass is 434 g/mol. The molecule has 2 aliphatic rings. The molecule has 1 aromatic carbocycles. The van der Waals surface area contributed by atoms with E-state index in [0.717, 1.165) is 37.1 Å². The van der Waals surface area contributed by atoms with Gasteiger partial charge in [-0.1, -0.05) is 12.1 Å². The van der Waals surface area contributed by atoms with Gasteiger partial charge in [0.05, 0.1) is 5.56 Å². The smallest absolute Gasteiger partial charge is 0.352 e. The Morgan fingerprint density at radius 3 is 2.55 bits per heavy atom. The number of carbonyl (C=O) groups excluding carboxylic acids is 2. The standard InChI is InChI=1S/C22H25F3N4O2/c1-14-10-18(27-28(14)2)20(31)29-8-6-21(7-9-29)12-17(21)19(30)26-13-15-4-3-5-16(11-15)22(23,24)25/h3-5,10-11,17H,6-9,12-13H2,1-2H3,(H,26,30)/t17-/m1/s1. The molecule has 1 spiro atoms. The lowest BCUT2D eigenvalue weighted by atomic mass is 9.90. The average Bonchev–Trinajstić information content (AvgIpc) is 3.33. The first-order valence-electron chi connectivity index (χ1n) is 10.3. The lowest BCUT2D eigenvalue weighted by Gasteiger charge is -2.32. The van der Waals surface area contributed by atoms with Gasteiger partial charge in [-0.2, -0.15) is 18.3 Å². The summed E-state index contributed by atoms with van der Waals surface area (Å²) < 4.78 is 40.2. The second kappa shape index (κ2) is 7.69. The molecule has 0 radical (unpaired) electrons. The van der Waals surface area contributed by atoms with Gasteiger partial charge < -0.3 is 10.2 Å². The second-order valence-electron chi connectivity index (χ2n) is 8.62. The van der Waals surface area contributed by atoms with Crippen LogP contribution in [0, 0.1) is 18.3 Å². The van der Waals surface area contributed by atoms with Crippen LogP contribution in [0.2, 0.25) is 0 Å². The summed E-state index contributed by atoms with van der Waals surface area (Å²) in [6.07, 6.45) is -2.16. The number of nitrogens with zero attached hydrogens (tertiary/aromatic N) is 3. The van der Waals surface area contributed by atoms with Gasteiger partial charge in [-0.25, -0.2) is 0 Å². The van der Waals surface area contributed by atoms with E-state index >= 15 is 0 Å². The molecule has 1 N–H and O–H groups in total. The largest absolute Gasteiger partial charge is 0.416 e. The summed E-state index contributed by atoms with van der Waals surface area (Å²) in [5, 5.41) is 7.03. The zero-order valence-corrected chi connectivity index (χ0v) is 17.5. The van der Waals surface area contributed by atoms with E-state index in [2.05, 4.69) is 10.4 Å². The third-order valence-corrected chi connectivity index (χ3v) is 6.61. The summed E-state index contributed by atoms with van der Waals surface area (Å²) in [4.78, 5) is 27.0. The summed E-state index contributed by atoms with van der Waals surface area (Å²) in [5.41, 5.74) is 0.944. The topological polar surface area (TPSA) is 67.2 Å². The van der Waals surface area contributed by atoms with E-state index in [4.69, 9.17) is 0 Å². The highest BCUT2D eigenvalue weighted by Crippen LogP contribution is 2.59. The first-order chi connectivity index (χ1) is 14.6. The third-order valence-electron chi connectivity index (χ3n) is 6.61. The molecule has 166 valence electrons. The van der Waals surface area contributed by atoms with Crippen molar-refractivity contribution in [3.05, 3.63) is 52.8 Å². The lowest BCUT2D eigenvalue weighted by molar-refractivity contribution is -0.137. The molecular formula is C22H25F3N4O2. The summed E-state index contributed by atoms with van der Waals surface area (Å²) in [6.45, 7) is 3.11. The first kappa shape index (κ1) is 21.4. The average molecular weight is 434 g/mol. The highest BCUT2D eigenvalue weighted by atomic mass is 19.4. The molecule has 2 aromatic rings. The van der Waals surface area contributed by atoms with Crippen molar-refractivity contribution in [2.45, 2.75) is 38.9 Å². The number of carbonyl (C=O) groups is 2. The molecule has 1 aliphatic heterocycles. The van der Waals surface area contributed by atoms with Gasteiger partial charge in [0.1, 0.15) is 0 Å². The SMILES string of the molecule is Cc1cc(C(=O)N2CCC3(CC2)C[C@@H]3C(=O)NCc2cccc(C(F)(F)F)c2)nn1C. The molecule has 1 saturated carbocycles. The molecule has 2 fully saturated rings. The number of halogens is 3. The molecule has 0 unspecified atom stereocenters. The summed E-state index contributed by atoms with van der Waals surface area (Å²) in [5.74, 6) is -0.366. The number of rotatable bonds is 4. The highest BCUT2D eigenvalue weighted by Gasteiger charge is 2.58. The lowest BCUT2D eigenvalue weighted by Crippen LogP contribution is -2.40. The number of aryl methyl sites for hydroxylation is 2. The number of piperidine rings is 1. The van der Waals surface area contributed by atoms with Crippen molar-refractivity contribution in [3.63, 3.8) is 0 Å². The first-order valence-corrected chi connectivity index (χ1v) is 10.3. The van der Waals surface area contributed by atoms with Crippen molar-refractivity contribution < 1.29 is 22.8 Å². The van der Waals surface area contributed by atoms with E-state index in [9.17, 15) is 22.8 Å². The van der Waals surface area contributed by atoms with Crippen LogP contribution in [0.15, 0.2) is 30.3 Å². The van der Waals surface area contributed by atoms with Gasteiger partial charge in [0.2, 0.25) is 5.91 Å². The van der Waals surface area contributed by atoms with E-state index in [0.29, 0.717) is 24.3 Å². The fraction of sp³-hybridized carbons (Fsp3) is 0.500. The molecule has 1 aliphatic carbocycles. The minimum Gasteiger partial charge on any atom is -0.352 e. The highest BCUT2D eigenvalue weighted by molar-refractivity contribution is 5.92. The van der Waals surface area contributed by atoms with Crippen LogP contribution in [0.1, 0.15) is 46.6 Å². The summed E-state index contributed by atoms with van der Waals surface area (Å²) >= 11 is 0. The fourth-order valence-corrected chi connectivity index (χ4v) is 4.42. The maximum atomic E-state index is 12.8. The number of hydrogen-bond donors (Lipinski definition) is 1. The molecule has 1 aromatic heterocycles. The van der Waals surface area contributed by atoms with Crippen molar-refractivity contribution in [2.75, 3.05) is 13.1 Å². The molecule has 2 amide bonds. The van der Waals surface area contributed by atoms with Crippen molar-refractivity contribution in [3.8, 4) is 0 Å². The molecule has 4 rings (SSSR count). The number of nitrogens with one attached hydrogen (secondary N) is 1. The zero-order valence-electron chi connectivity index (χ0n) is 17.5. The van der Waals surface area contributed by atoms with E-state index in [1.807, 2.05) is 6.92 Å². The maximum Gasteiger partial charge on any atom is 0.416 e. The Morgan fingerprint density at radius 1 is 1.23 bits per heavy atom. The van der Waals surface area contributed by atoms with Crippen LogP contribution in [0.5, 0.6) is 0 Å². The van der Waals surface area contributed by atoms with Gasteiger partial charge in [0.15, 0.2) is 5.69 Å². The Morgan fingerprint density at radius 2 is 1.94 bits per heavy atom. The number of amides is 2. The van der Waals surface area contributed by atoms with E-state index < -0.39 is 11.7 Å². The van der Waals surface area contributed by atoms with Gasteiger partial charge >= 0.3 is 6.18 Å². The Bertz CT molecular complexity index is 987. The van der Waals surface area contributed by atoms with Crippen LogP contribution < -0.4 is 5.32 Å². The zero-order chi connectivity index (χ0) is 22.4. The number of aromatic nitrogens is 2. The Balaban J connectivity index is 1.29. The number of alkyl halides is 3. The van der Waals surface area contributed by atoms with Gasteiger partial charge in [0.25, 0.3) is 5.91 Å². The van der Waals surface area contributed by atoms with Crippen LogP contribution in [0.4, 0.5) is 13.2 Å². The van der Waals surface area contributed by atoms with Crippen LogP contribution in [-0.2, 0) is 24.6 Å². The van der Waals surface area contributed by atoms with Gasteiger partial charge in [-0.3, -0.25) is 14.3 Å². The minimum absolute atomic E-state index is 0.0684.